The van der Waals surface area contributed by atoms with Crippen LogP contribution >= 0.6 is 0 Å². The van der Waals surface area contributed by atoms with Crippen LogP contribution in [0.5, 0.6) is 5.75 Å². The molecule has 1 unspecified atom stereocenters. The van der Waals surface area contributed by atoms with Crippen LogP contribution < -0.4 is 14.5 Å². The van der Waals surface area contributed by atoms with Crippen molar-refractivity contribution in [2.45, 2.75) is 12.6 Å². The standard InChI is InChI=1S/C28H28N4O4/c1-30(2)21-10-7-18(8-11-21)25-24(27(34)28(35)32(25)17-20-6-4-5-13-29-20)26(33)19-9-12-23-22(16-19)31(3)14-15-36-23/h4-13,16,25,33H,14-15,17H2,1-3H3/b26-24-. The van der Waals surface area contributed by atoms with Gasteiger partial charge in [0, 0.05) is 38.6 Å². The number of likely N-dealkylation sites (tertiary alicyclic amines) is 1. The van der Waals surface area contributed by atoms with Gasteiger partial charge in [-0.2, -0.15) is 0 Å². The molecule has 0 saturated carbocycles. The van der Waals surface area contributed by atoms with Crippen molar-refractivity contribution >= 4 is 28.8 Å². The van der Waals surface area contributed by atoms with E-state index in [1.165, 1.54) is 4.90 Å². The number of pyridine rings is 1. The molecule has 3 heterocycles. The third-order valence-corrected chi connectivity index (χ3v) is 6.65. The maximum atomic E-state index is 13.4. The number of carbonyl (C=O) groups excluding carboxylic acids is 2. The van der Waals surface area contributed by atoms with Crippen molar-refractivity contribution in [1.29, 1.82) is 0 Å². The highest BCUT2D eigenvalue weighted by Crippen LogP contribution is 2.42. The molecular weight excluding hydrogens is 456 g/mol. The van der Waals surface area contributed by atoms with Crippen LogP contribution in [-0.2, 0) is 16.1 Å². The Balaban J connectivity index is 1.63. The number of Topliss-reactive ketones (excluding diaryl/α,β-unsaturated/α-hetero) is 1. The van der Waals surface area contributed by atoms with E-state index in [0.717, 1.165) is 16.9 Å². The molecule has 36 heavy (non-hydrogen) atoms. The van der Waals surface area contributed by atoms with Gasteiger partial charge in [0.15, 0.2) is 0 Å². The molecule has 0 bridgehead atoms. The van der Waals surface area contributed by atoms with Crippen LogP contribution in [0.15, 0.2) is 72.4 Å². The molecular formula is C28H28N4O4. The largest absolute Gasteiger partial charge is 0.507 e. The molecule has 184 valence electrons. The summed E-state index contributed by atoms with van der Waals surface area (Å²) >= 11 is 0. The molecule has 2 aliphatic heterocycles. The van der Waals surface area contributed by atoms with Gasteiger partial charge in [0.05, 0.1) is 36.1 Å². The van der Waals surface area contributed by atoms with Crippen molar-refractivity contribution in [1.82, 2.24) is 9.88 Å². The summed E-state index contributed by atoms with van der Waals surface area (Å²) in [5, 5.41) is 11.5. The molecule has 1 atom stereocenters. The summed E-state index contributed by atoms with van der Waals surface area (Å²) in [5.41, 5.74) is 3.71. The van der Waals surface area contributed by atoms with Crippen LogP contribution in [0.1, 0.15) is 22.9 Å². The number of benzene rings is 2. The van der Waals surface area contributed by atoms with Crippen molar-refractivity contribution in [2.75, 3.05) is 44.1 Å². The Labute approximate surface area is 210 Å². The van der Waals surface area contributed by atoms with Crippen molar-refractivity contribution in [3.05, 3.63) is 89.3 Å². The number of nitrogens with zero attached hydrogens (tertiary/aromatic N) is 4. The summed E-state index contributed by atoms with van der Waals surface area (Å²) in [7, 11) is 5.83. The number of likely N-dealkylation sites (N-methyl/N-ethyl adjacent to an activating group) is 1. The number of rotatable bonds is 5. The van der Waals surface area contributed by atoms with E-state index >= 15 is 0 Å². The van der Waals surface area contributed by atoms with E-state index in [4.69, 9.17) is 4.74 Å². The average molecular weight is 485 g/mol. The third kappa shape index (κ3) is 4.15. The summed E-state index contributed by atoms with van der Waals surface area (Å²) in [6, 6.07) is 17.6. The number of hydrogen-bond acceptors (Lipinski definition) is 7. The highest BCUT2D eigenvalue weighted by atomic mass is 16.5. The first-order valence-corrected chi connectivity index (χ1v) is 11.8. The molecule has 0 spiro atoms. The number of aromatic nitrogens is 1. The molecule has 5 rings (SSSR count). The molecule has 2 aromatic carbocycles. The molecule has 0 aliphatic carbocycles. The summed E-state index contributed by atoms with van der Waals surface area (Å²) in [6.45, 7) is 1.43. The number of aliphatic hydroxyl groups excluding tert-OH is 1. The second-order valence-corrected chi connectivity index (χ2v) is 9.19. The number of fused-ring (bicyclic) bond motifs is 1. The van der Waals surface area contributed by atoms with E-state index in [2.05, 4.69) is 4.98 Å². The van der Waals surface area contributed by atoms with Gasteiger partial charge in [-0.25, -0.2) is 0 Å². The van der Waals surface area contributed by atoms with Crippen LogP contribution in [0, 0.1) is 0 Å². The Morgan fingerprint density at radius 1 is 1.11 bits per heavy atom. The quantitative estimate of drug-likeness (QED) is 0.336. The topological polar surface area (TPSA) is 86.2 Å². The highest BCUT2D eigenvalue weighted by molar-refractivity contribution is 6.46. The fraction of sp³-hybridized carbons (Fsp3) is 0.250. The lowest BCUT2D eigenvalue weighted by atomic mass is 9.94. The lowest BCUT2D eigenvalue weighted by Crippen LogP contribution is -2.29. The number of anilines is 2. The fourth-order valence-electron chi connectivity index (χ4n) is 4.66. The van der Waals surface area contributed by atoms with Gasteiger partial charge in [0.2, 0.25) is 0 Å². The minimum absolute atomic E-state index is 0.0628. The van der Waals surface area contributed by atoms with E-state index in [1.807, 2.05) is 67.3 Å². The van der Waals surface area contributed by atoms with Gasteiger partial charge < -0.3 is 24.5 Å². The number of amides is 1. The fourth-order valence-corrected chi connectivity index (χ4v) is 4.66. The van der Waals surface area contributed by atoms with Crippen LogP contribution in [0.3, 0.4) is 0 Å². The zero-order valence-corrected chi connectivity index (χ0v) is 20.5. The van der Waals surface area contributed by atoms with E-state index in [-0.39, 0.29) is 17.9 Å². The molecule has 1 aromatic heterocycles. The molecule has 3 aromatic rings. The summed E-state index contributed by atoms with van der Waals surface area (Å²) in [6.07, 6.45) is 1.65. The predicted molar refractivity (Wildman–Crippen MR) is 138 cm³/mol. The second kappa shape index (κ2) is 9.37. The highest BCUT2D eigenvalue weighted by Gasteiger charge is 2.46. The maximum absolute atomic E-state index is 13.4. The number of hydrogen-bond donors (Lipinski definition) is 1. The number of ether oxygens (including phenoxy) is 1. The van der Waals surface area contributed by atoms with Crippen molar-refractivity contribution < 1.29 is 19.4 Å². The van der Waals surface area contributed by atoms with Gasteiger partial charge in [-0.1, -0.05) is 18.2 Å². The van der Waals surface area contributed by atoms with Gasteiger partial charge in [-0.05, 0) is 48.0 Å². The van der Waals surface area contributed by atoms with Crippen LogP contribution in [0.4, 0.5) is 11.4 Å². The molecule has 2 aliphatic rings. The normalized spacial score (nSPS) is 18.7. The average Bonchev–Trinajstić information content (AvgIpc) is 3.14. The Kier molecular flexibility index (Phi) is 6.10. The molecule has 8 heteroatoms. The number of aliphatic hydroxyl groups is 1. The van der Waals surface area contributed by atoms with E-state index in [9.17, 15) is 14.7 Å². The van der Waals surface area contributed by atoms with E-state index in [0.29, 0.717) is 30.2 Å². The summed E-state index contributed by atoms with van der Waals surface area (Å²) in [4.78, 5) is 36.5. The lowest BCUT2D eigenvalue weighted by Gasteiger charge is -2.28. The number of ketones is 1. The zero-order chi connectivity index (χ0) is 25.4. The van der Waals surface area contributed by atoms with E-state index < -0.39 is 17.7 Å². The Morgan fingerprint density at radius 3 is 2.58 bits per heavy atom. The smallest absolute Gasteiger partial charge is 0.296 e. The Morgan fingerprint density at radius 2 is 1.89 bits per heavy atom. The van der Waals surface area contributed by atoms with Crippen molar-refractivity contribution in [3.63, 3.8) is 0 Å². The first-order chi connectivity index (χ1) is 17.3. The van der Waals surface area contributed by atoms with Gasteiger partial charge in [-0.15, -0.1) is 0 Å². The van der Waals surface area contributed by atoms with Gasteiger partial charge in [0.25, 0.3) is 11.7 Å². The zero-order valence-electron chi connectivity index (χ0n) is 20.5. The Hall–Kier alpha value is -4.33. The Bertz CT molecular complexity index is 1340. The minimum atomic E-state index is -0.756. The van der Waals surface area contributed by atoms with Crippen LogP contribution in [0.25, 0.3) is 5.76 Å². The van der Waals surface area contributed by atoms with Crippen LogP contribution in [-0.4, -0.2) is 61.0 Å². The molecule has 1 saturated heterocycles. The maximum Gasteiger partial charge on any atom is 0.296 e. The third-order valence-electron chi connectivity index (χ3n) is 6.65. The molecule has 8 nitrogen and oxygen atoms in total. The molecule has 0 radical (unpaired) electrons. The summed E-state index contributed by atoms with van der Waals surface area (Å²) < 4.78 is 5.72. The van der Waals surface area contributed by atoms with Gasteiger partial charge in [-0.3, -0.25) is 14.6 Å². The van der Waals surface area contributed by atoms with Crippen LogP contribution in [0.2, 0.25) is 0 Å². The van der Waals surface area contributed by atoms with Gasteiger partial charge in [0.1, 0.15) is 18.1 Å². The molecule has 1 N–H and O–H groups in total. The van der Waals surface area contributed by atoms with Crippen molar-refractivity contribution in [3.8, 4) is 5.75 Å². The minimum Gasteiger partial charge on any atom is -0.507 e. The first-order valence-electron chi connectivity index (χ1n) is 11.8. The lowest BCUT2D eigenvalue weighted by molar-refractivity contribution is -0.140. The van der Waals surface area contributed by atoms with Gasteiger partial charge >= 0.3 is 0 Å². The predicted octanol–water partition coefficient (Wildman–Crippen LogP) is 3.60. The summed E-state index contributed by atoms with van der Waals surface area (Å²) in [5.74, 6) is -0.873. The second-order valence-electron chi connectivity index (χ2n) is 9.19. The van der Waals surface area contributed by atoms with Crippen molar-refractivity contribution in [2.24, 2.45) is 0 Å². The number of carbonyl (C=O) groups is 2. The SMILES string of the molecule is CN(C)c1ccc(C2/C(=C(/O)c3ccc4c(c3)N(C)CCO4)C(=O)C(=O)N2Cc2ccccn2)cc1. The monoisotopic (exact) mass is 484 g/mol. The first kappa shape index (κ1) is 23.4. The molecule has 1 fully saturated rings. The molecule has 1 amide bonds. The van der Waals surface area contributed by atoms with E-state index in [1.54, 1.807) is 30.5 Å².